The number of hydrogen-bond donors (Lipinski definition) is 1. The zero-order valence-corrected chi connectivity index (χ0v) is 4.92. The minimum absolute atomic E-state index is 0.233. The Bertz CT molecular complexity index is 193. The minimum Gasteiger partial charge on any atom is -0.451 e. The molecule has 0 spiro atoms. The Labute approximate surface area is 51.9 Å². The van der Waals surface area contributed by atoms with Crippen molar-refractivity contribution in [3.8, 4) is 0 Å². The second-order valence-corrected chi connectivity index (χ2v) is 1.45. The molecule has 0 unspecified atom stereocenters. The van der Waals surface area contributed by atoms with Crippen molar-refractivity contribution < 1.29 is 9.21 Å². The van der Waals surface area contributed by atoms with Crippen LogP contribution in [0.4, 0.5) is 0 Å². The van der Waals surface area contributed by atoms with Crippen LogP contribution >= 0.6 is 0 Å². The molecule has 0 aromatic carbocycles. The first kappa shape index (κ1) is 5.81. The Morgan fingerprint density at radius 1 is 1.89 bits per heavy atom. The molecule has 0 fully saturated rings. The van der Waals surface area contributed by atoms with Crippen molar-refractivity contribution in [2.75, 3.05) is 7.05 Å². The fourth-order valence-corrected chi connectivity index (χ4v) is 0.453. The summed E-state index contributed by atoms with van der Waals surface area (Å²) < 4.78 is 4.57. The number of oxazole rings is 1. The van der Waals surface area contributed by atoms with Crippen LogP contribution in [-0.4, -0.2) is 17.9 Å². The molecule has 0 saturated heterocycles. The van der Waals surface area contributed by atoms with E-state index < -0.39 is 0 Å². The highest BCUT2D eigenvalue weighted by molar-refractivity contribution is 5.91. The summed E-state index contributed by atoms with van der Waals surface area (Å²) in [5, 5.41) is 2.41. The van der Waals surface area contributed by atoms with Crippen molar-refractivity contribution in [2.24, 2.45) is 0 Å². The number of amides is 1. The molecule has 4 nitrogen and oxygen atoms in total. The van der Waals surface area contributed by atoms with Crippen molar-refractivity contribution in [1.29, 1.82) is 0 Å². The molecule has 4 heteroatoms. The second kappa shape index (κ2) is 2.30. The standard InChI is InChI=1S/C5H6N2O2/c1-6-5(8)4-2-9-3-7-4/h2-3H,1H3,(H,6,8). The molecule has 1 aromatic heterocycles. The van der Waals surface area contributed by atoms with E-state index in [0.29, 0.717) is 5.69 Å². The van der Waals surface area contributed by atoms with Crippen molar-refractivity contribution in [2.45, 2.75) is 0 Å². The number of hydrogen-bond acceptors (Lipinski definition) is 3. The molecule has 0 aliphatic heterocycles. The van der Waals surface area contributed by atoms with E-state index in [4.69, 9.17) is 0 Å². The van der Waals surface area contributed by atoms with Gasteiger partial charge in [-0.05, 0) is 0 Å². The molecule has 1 amide bonds. The topological polar surface area (TPSA) is 55.1 Å². The van der Waals surface area contributed by atoms with E-state index in [0.717, 1.165) is 0 Å². The van der Waals surface area contributed by atoms with Crippen LogP contribution in [-0.2, 0) is 0 Å². The highest BCUT2D eigenvalue weighted by Gasteiger charge is 2.03. The molecule has 0 aliphatic rings. The zero-order valence-electron chi connectivity index (χ0n) is 4.92. The maximum absolute atomic E-state index is 10.6. The summed E-state index contributed by atoms with van der Waals surface area (Å²) in [6, 6.07) is 0. The number of rotatable bonds is 1. The van der Waals surface area contributed by atoms with Gasteiger partial charge in [0.05, 0.1) is 0 Å². The average Bonchev–Trinajstić information content (AvgIpc) is 2.37. The van der Waals surface area contributed by atoms with E-state index in [-0.39, 0.29) is 5.91 Å². The zero-order chi connectivity index (χ0) is 6.69. The lowest BCUT2D eigenvalue weighted by atomic mass is 10.5. The molecule has 0 atom stereocenters. The maximum Gasteiger partial charge on any atom is 0.272 e. The highest BCUT2D eigenvalue weighted by Crippen LogP contribution is 1.91. The third-order valence-corrected chi connectivity index (χ3v) is 0.892. The molecule has 0 radical (unpaired) electrons. The van der Waals surface area contributed by atoms with Gasteiger partial charge in [0.25, 0.3) is 5.91 Å². The summed E-state index contributed by atoms with van der Waals surface area (Å²) in [6.45, 7) is 0. The van der Waals surface area contributed by atoms with Crippen LogP contribution < -0.4 is 5.32 Å². The van der Waals surface area contributed by atoms with Crippen molar-refractivity contribution in [3.05, 3.63) is 18.4 Å². The fraction of sp³-hybridized carbons (Fsp3) is 0.200. The predicted molar refractivity (Wildman–Crippen MR) is 29.9 cm³/mol. The second-order valence-electron chi connectivity index (χ2n) is 1.45. The van der Waals surface area contributed by atoms with Crippen LogP contribution in [0, 0.1) is 0 Å². The average molecular weight is 126 g/mol. The molecule has 9 heavy (non-hydrogen) atoms. The van der Waals surface area contributed by atoms with Gasteiger partial charge in [0.1, 0.15) is 6.26 Å². The SMILES string of the molecule is CNC(=O)c1cocn1. The van der Waals surface area contributed by atoms with Gasteiger partial charge in [0, 0.05) is 7.05 Å². The molecular formula is C5H6N2O2. The Balaban J connectivity index is 2.77. The number of nitrogens with zero attached hydrogens (tertiary/aromatic N) is 1. The monoisotopic (exact) mass is 126 g/mol. The number of carbonyl (C=O) groups is 1. The molecule has 1 N–H and O–H groups in total. The quantitative estimate of drug-likeness (QED) is 0.577. The third-order valence-electron chi connectivity index (χ3n) is 0.892. The summed E-state index contributed by atoms with van der Waals surface area (Å²) in [4.78, 5) is 14.2. The van der Waals surface area contributed by atoms with Crippen LogP contribution in [0.15, 0.2) is 17.1 Å². The van der Waals surface area contributed by atoms with Crippen LogP contribution in [0.25, 0.3) is 0 Å². The van der Waals surface area contributed by atoms with Gasteiger partial charge in [-0.2, -0.15) is 0 Å². The Morgan fingerprint density at radius 2 is 2.67 bits per heavy atom. The number of carbonyl (C=O) groups excluding carboxylic acids is 1. The summed E-state index contributed by atoms with van der Waals surface area (Å²) in [5.41, 5.74) is 0.303. The van der Waals surface area contributed by atoms with Crippen molar-refractivity contribution >= 4 is 5.91 Å². The van der Waals surface area contributed by atoms with Gasteiger partial charge in [-0.15, -0.1) is 0 Å². The predicted octanol–water partition coefficient (Wildman–Crippen LogP) is 0.0342. The summed E-state index contributed by atoms with van der Waals surface area (Å²) in [7, 11) is 1.54. The fourth-order valence-electron chi connectivity index (χ4n) is 0.453. The van der Waals surface area contributed by atoms with Gasteiger partial charge in [-0.25, -0.2) is 4.98 Å². The highest BCUT2D eigenvalue weighted by atomic mass is 16.3. The van der Waals surface area contributed by atoms with Gasteiger partial charge in [-0.1, -0.05) is 0 Å². The molecule has 1 rings (SSSR count). The Kier molecular flexibility index (Phi) is 1.48. The largest absolute Gasteiger partial charge is 0.451 e. The Morgan fingerprint density at radius 3 is 3.11 bits per heavy atom. The number of aromatic nitrogens is 1. The molecule has 1 aromatic rings. The van der Waals surface area contributed by atoms with Crippen LogP contribution in [0.2, 0.25) is 0 Å². The number of nitrogens with one attached hydrogen (secondary N) is 1. The van der Waals surface area contributed by atoms with Gasteiger partial charge in [0.15, 0.2) is 12.1 Å². The van der Waals surface area contributed by atoms with Crippen LogP contribution in [0.1, 0.15) is 10.5 Å². The van der Waals surface area contributed by atoms with E-state index in [1.54, 1.807) is 0 Å². The summed E-state index contributed by atoms with van der Waals surface area (Å²) in [6.07, 6.45) is 2.50. The molecule has 1 heterocycles. The van der Waals surface area contributed by atoms with E-state index in [1.165, 1.54) is 19.7 Å². The van der Waals surface area contributed by atoms with E-state index in [2.05, 4.69) is 14.7 Å². The summed E-state index contributed by atoms with van der Waals surface area (Å²) in [5.74, 6) is -0.233. The minimum atomic E-state index is -0.233. The van der Waals surface area contributed by atoms with E-state index in [1.807, 2.05) is 0 Å². The molecule has 0 bridgehead atoms. The first-order chi connectivity index (χ1) is 4.34. The van der Waals surface area contributed by atoms with Gasteiger partial charge >= 0.3 is 0 Å². The van der Waals surface area contributed by atoms with Gasteiger partial charge < -0.3 is 9.73 Å². The molecule has 48 valence electrons. The van der Waals surface area contributed by atoms with E-state index >= 15 is 0 Å². The first-order valence-electron chi connectivity index (χ1n) is 2.45. The lowest BCUT2D eigenvalue weighted by molar-refractivity contribution is 0.0958. The Hall–Kier alpha value is -1.32. The van der Waals surface area contributed by atoms with Crippen molar-refractivity contribution in [1.82, 2.24) is 10.3 Å². The van der Waals surface area contributed by atoms with Crippen molar-refractivity contribution in [3.63, 3.8) is 0 Å². The smallest absolute Gasteiger partial charge is 0.272 e. The lowest BCUT2D eigenvalue weighted by Gasteiger charge is -1.88. The van der Waals surface area contributed by atoms with E-state index in [9.17, 15) is 4.79 Å². The lowest BCUT2D eigenvalue weighted by Crippen LogP contribution is -2.17. The maximum atomic E-state index is 10.6. The van der Waals surface area contributed by atoms with Crippen LogP contribution in [0.5, 0.6) is 0 Å². The van der Waals surface area contributed by atoms with Gasteiger partial charge in [0.2, 0.25) is 0 Å². The normalized spacial score (nSPS) is 9.00. The van der Waals surface area contributed by atoms with Gasteiger partial charge in [-0.3, -0.25) is 4.79 Å². The third kappa shape index (κ3) is 1.07. The molecular weight excluding hydrogens is 120 g/mol. The van der Waals surface area contributed by atoms with Crippen LogP contribution in [0.3, 0.4) is 0 Å². The molecule has 0 saturated carbocycles. The first-order valence-corrected chi connectivity index (χ1v) is 2.45. The summed E-state index contributed by atoms with van der Waals surface area (Å²) >= 11 is 0. The molecule has 0 aliphatic carbocycles.